The van der Waals surface area contributed by atoms with E-state index >= 15 is 0 Å². The van der Waals surface area contributed by atoms with E-state index in [1.165, 1.54) is 21.8 Å². The van der Waals surface area contributed by atoms with Crippen molar-refractivity contribution in [3.8, 4) is 0 Å². The highest BCUT2D eigenvalue weighted by atomic mass is 35.5. The molecule has 0 fully saturated rings. The predicted molar refractivity (Wildman–Crippen MR) is 99.1 cm³/mol. The molecule has 0 saturated heterocycles. The van der Waals surface area contributed by atoms with E-state index in [1.807, 2.05) is 18.2 Å². The number of rotatable bonds is 5. The number of halogens is 1. The Labute approximate surface area is 156 Å². The summed E-state index contributed by atoms with van der Waals surface area (Å²) in [4.78, 5) is 25.9. The molecule has 2 aromatic rings. The van der Waals surface area contributed by atoms with Gasteiger partial charge in [0.1, 0.15) is 4.88 Å². The van der Waals surface area contributed by atoms with Crippen molar-refractivity contribution in [3.05, 3.63) is 56.2 Å². The number of thiophene rings is 1. The van der Waals surface area contributed by atoms with Crippen molar-refractivity contribution in [1.29, 1.82) is 0 Å². The van der Waals surface area contributed by atoms with E-state index in [2.05, 4.69) is 12.2 Å². The maximum absolute atomic E-state index is 12.2. The molecule has 0 spiro atoms. The van der Waals surface area contributed by atoms with E-state index in [0.29, 0.717) is 22.4 Å². The number of fused-ring (bicyclic) bond motifs is 1. The zero-order valence-corrected chi connectivity index (χ0v) is 15.6. The summed E-state index contributed by atoms with van der Waals surface area (Å²) in [7, 11) is 0. The number of esters is 1. The van der Waals surface area contributed by atoms with Gasteiger partial charge in [-0.15, -0.1) is 11.3 Å². The van der Waals surface area contributed by atoms with Crippen molar-refractivity contribution in [1.82, 2.24) is 5.32 Å². The van der Waals surface area contributed by atoms with Gasteiger partial charge in [-0.25, -0.2) is 4.79 Å². The SMILES string of the molecule is C[C@H]1CCc2sc(C(=O)OCC(=O)NCc3cccc(Cl)c3)cc2C1. The lowest BCUT2D eigenvalue weighted by Gasteiger charge is -2.16. The Morgan fingerprint density at radius 3 is 3.00 bits per heavy atom. The Kier molecular flexibility index (Phi) is 5.76. The van der Waals surface area contributed by atoms with Gasteiger partial charge < -0.3 is 10.1 Å². The molecule has 0 aliphatic heterocycles. The molecular weight excluding hydrogens is 358 g/mol. The van der Waals surface area contributed by atoms with E-state index in [-0.39, 0.29) is 12.5 Å². The Balaban J connectivity index is 1.48. The van der Waals surface area contributed by atoms with Crippen LogP contribution in [0.2, 0.25) is 5.02 Å². The molecule has 1 aliphatic rings. The molecule has 1 amide bonds. The number of amides is 1. The second-order valence-corrected chi connectivity index (χ2v) is 7.96. The van der Waals surface area contributed by atoms with Crippen LogP contribution in [0.25, 0.3) is 0 Å². The van der Waals surface area contributed by atoms with Crippen molar-refractivity contribution in [3.63, 3.8) is 0 Å². The topological polar surface area (TPSA) is 55.4 Å². The molecule has 1 N–H and O–H groups in total. The van der Waals surface area contributed by atoms with Crippen LogP contribution in [0.15, 0.2) is 30.3 Å². The third-order valence-corrected chi connectivity index (χ3v) is 5.70. The summed E-state index contributed by atoms with van der Waals surface area (Å²) in [6.45, 7) is 2.29. The van der Waals surface area contributed by atoms with Crippen molar-refractivity contribution < 1.29 is 14.3 Å². The van der Waals surface area contributed by atoms with Gasteiger partial charge in [-0.3, -0.25) is 4.79 Å². The lowest BCUT2D eigenvalue weighted by atomic mass is 9.90. The van der Waals surface area contributed by atoms with Gasteiger partial charge in [0.05, 0.1) is 0 Å². The number of carbonyl (C=O) groups excluding carboxylic acids is 2. The van der Waals surface area contributed by atoms with Gasteiger partial charge >= 0.3 is 5.97 Å². The predicted octanol–water partition coefficient (Wildman–Crippen LogP) is 4.00. The number of carbonyl (C=O) groups is 2. The molecule has 0 radical (unpaired) electrons. The fourth-order valence-electron chi connectivity index (χ4n) is 2.91. The van der Waals surface area contributed by atoms with Crippen molar-refractivity contribution in [2.75, 3.05) is 6.61 Å². The number of hydrogen-bond donors (Lipinski definition) is 1. The Morgan fingerprint density at radius 1 is 1.36 bits per heavy atom. The average molecular weight is 378 g/mol. The van der Waals surface area contributed by atoms with Gasteiger partial charge in [0.25, 0.3) is 5.91 Å². The summed E-state index contributed by atoms with van der Waals surface area (Å²) < 4.78 is 5.14. The molecule has 132 valence electrons. The lowest BCUT2D eigenvalue weighted by molar-refractivity contribution is -0.124. The molecular formula is C19H20ClNO3S. The highest BCUT2D eigenvalue weighted by Crippen LogP contribution is 2.32. The summed E-state index contributed by atoms with van der Waals surface area (Å²) in [5, 5.41) is 3.34. The average Bonchev–Trinajstić information content (AvgIpc) is 3.01. The Bertz CT molecular complexity index is 787. The second-order valence-electron chi connectivity index (χ2n) is 6.39. The first-order valence-electron chi connectivity index (χ1n) is 8.31. The summed E-state index contributed by atoms with van der Waals surface area (Å²) >= 11 is 7.39. The molecule has 1 aromatic heterocycles. The molecule has 6 heteroatoms. The molecule has 1 aromatic carbocycles. The maximum atomic E-state index is 12.2. The first kappa shape index (κ1) is 18.0. The summed E-state index contributed by atoms with van der Waals surface area (Å²) in [6, 6.07) is 9.17. The van der Waals surface area contributed by atoms with Crippen molar-refractivity contribution in [2.24, 2.45) is 5.92 Å². The fourth-order valence-corrected chi connectivity index (χ4v) is 4.22. The number of benzene rings is 1. The maximum Gasteiger partial charge on any atom is 0.348 e. The van der Waals surface area contributed by atoms with Gasteiger partial charge in [-0.2, -0.15) is 0 Å². The van der Waals surface area contributed by atoms with E-state index in [4.69, 9.17) is 16.3 Å². The van der Waals surface area contributed by atoms with Gasteiger partial charge in [0.2, 0.25) is 0 Å². The third kappa shape index (κ3) is 4.83. The molecule has 1 atom stereocenters. The first-order valence-corrected chi connectivity index (χ1v) is 9.50. The molecule has 1 aliphatic carbocycles. The Hall–Kier alpha value is -1.85. The number of hydrogen-bond acceptors (Lipinski definition) is 4. The van der Waals surface area contributed by atoms with Crippen LogP contribution in [0.4, 0.5) is 0 Å². The monoisotopic (exact) mass is 377 g/mol. The van der Waals surface area contributed by atoms with Crippen LogP contribution in [0.3, 0.4) is 0 Å². The van der Waals surface area contributed by atoms with Crippen molar-refractivity contribution >= 4 is 34.8 Å². The van der Waals surface area contributed by atoms with Crippen LogP contribution in [-0.4, -0.2) is 18.5 Å². The van der Waals surface area contributed by atoms with Gasteiger partial charge in [0, 0.05) is 16.4 Å². The van der Waals surface area contributed by atoms with E-state index in [9.17, 15) is 9.59 Å². The van der Waals surface area contributed by atoms with Crippen LogP contribution >= 0.6 is 22.9 Å². The zero-order chi connectivity index (χ0) is 17.8. The number of ether oxygens (including phenoxy) is 1. The largest absolute Gasteiger partial charge is 0.451 e. The van der Waals surface area contributed by atoms with Gasteiger partial charge in [-0.1, -0.05) is 30.7 Å². The van der Waals surface area contributed by atoms with Crippen LogP contribution in [0.5, 0.6) is 0 Å². The minimum absolute atomic E-state index is 0.279. The molecule has 4 nitrogen and oxygen atoms in total. The quantitative estimate of drug-likeness (QED) is 0.801. The standard InChI is InChI=1S/C19H20ClNO3S/c1-12-5-6-16-14(7-12)9-17(25-16)19(23)24-11-18(22)21-10-13-3-2-4-15(20)8-13/h2-4,8-9,12H,5-7,10-11H2,1H3,(H,21,22)/t12-/m0/s1. The molecule has 0 saturated carbocycles. The van der Waals surface area contributed by atoms with Gasteiger partial charge in [-0.05, 0) is 54.5 Å². The smallest absolute Gasteiger partial charge is 0.348 e. The van der Waals surface area contributed by atoms with E-state index < -0.39 is 5.97 Å². The molecule has 0 bridgehead atoms. The molecule has 0 unspecified atom stereocenters. The fraction of sp³-hybridized carbons (Fsp3) is 0.368. The molecule has 3 rings (SSSR count). The van der Waals surface area contributed by atoms with Crippen LogP contribution < -0.4 is 5.32 Å². The van der Waals surface area contributed by atoms with Crippen LogP contribution in [0.1, 0.15) is 39.0 Å². The minimum atomic E-state index is -0.426. The normalized spacial score (nSPS) is 16.2. The van der Waals surface area contributed by atoms with Crippen LogP contribution in [0, 0.1) is 5.92 Å². The number of aryl methyl sites for hydroxylation is 1. The molecule has 1 heterocycles. The second kappa shape index (κ2) is 8.02. The molecule has 25 heavy (non-hydrogen) atoms. The van der Waals surface area contributed by atoms with Crippen LogP contribution in [-0.2, 0) is 28.9 Å². The minimum Gasteiger partial charge on any atom is -0.451 e. The highest BCUT2D eigenvalue weighted by Gasteiger charge is 2.21. The number of nitrogens with one attached hydrogen (secondary N) is 1. The summed E-state index contributed by atoms with van der Waals surface area (Å²) in [5.41, 5.74) is 2.15. The van der Waals surface area contributed by atoms with Crippen molar-refractivity contribution in [2.45, 2.75) is 32.7 Å². The lowest BCUT2D eigenvalue weighted by Crippen LogP contribution is -2.28. The van der Waals surface area contributed by atoms with Gasteiger partial charge in [0.15, 0.2) is 6.61 Å². The third-order valence-electron chi connectivity index (χ3n) is 4.24. The summed E-state index contributed by atoms with van der Waals surface area (Å²) in [6.07, 6.45) is 3.20. The van der Waals surface area contributed by atoms with E-state index in [1.54, 1.807) is 12.1 Å². The highest BCUT2D eigenvalue weighted by molar-refractivity contribution is 7.14. The summed E-state index contributed by atoms with van der Waals surface area (Å²) in [5.74, 6) is -0.100. The first-order chi connectivity index (χ1) is 12.0. The Morgan fingerprint density at radius 2 is 2.20 bits per heavy atom. The zero-order valence-electron chi connectivity index (χ0n) is 14.0. The van der Waals surface area contributed by atoms with E-state index in [0.717, 1.165) is 24.8 Å².